The molecular weight excluding hydrogens is 457 g/mol. The maximum atomic E-state index is 13.6. The van der Waals surface area contributed by atoms with Crippen LogP contribution in [-0.4, -0.2) is 69.4 Å². The Balaban J connectivity index is 1.40. The lowest BCUT2D eigenvalue weighted by Crippen LogP contribution is -2.51. The van der Waals surface area contributed by atoms with Crippen LogP contribution in [0.25, 0.3) is 5.13 Å². The summed E-state index contributed by atoms with van der Waals surface area (Å²) in [4.78, 5) is 32.6. The number of benzene rings is 1. The van der Waals surface area contributed by atoms with Crippen molar-refractivity contribution in [2.24, 2.45) is 0 Å². The average molecular weight is 486 g/mol. The highest BCUT2D eigenvalue weighted by molar-refractivity contribution is 7.12. The second-order valence-corrected chi connectivity index (χ2v) is 9.07. The number of halogens is 1. The van der Waals surface area contributed by atoms with E-state index in [1.165, 1.54) is 23.5 Å². The molecule has 4 rings (SSSR count). The third-order valence-corrected chi connectivity index (χ3v) is 6.79. The zero-order chi connectivity index (χ0) is 24.2. The van der Waals surface area contributed by atoms with E-state index in [4.69, 9.17) is 4.74 Å². The molecule has 1 aromatic carbocycles. The molecule has 0 bridgehead atoms. The molecule has 0 saturated carbocycles. The Morgan fingerprint density at radius 1 is 1.15 bits per heavy atom. The van der Waals surface area contributed by atoms with Gasteiger partial charge in [-0.2, -0.15) is 5.10 Å². The van der Waals surface area contributed by atoms with Crippen molar-refractivity contribution in [3.05, 3.63) is 63.7 Å². The van der Waals surface area contributed by atoms with Gasteiger partial charge < -0.3 is 14.5 Å². The van der Waals surface area contributed by atoms with Crippen molar-refractivity contribution in [1.82, 2.24) is 24.6 Å². The highest BCUT2D eigenvalue weighted by Crippen LogP contribution is 2.24. The average Bonchev–Trinajstić information content (AvgIpc) is 3.39. The van der Waals surface area contributed by atoms with Crippen LogP contribution in [-0.2, 0) is 22.4 Å². The summed E-state index contributed by atoms with van der Waals surface area (Å²) in [6.07, 6.45) is 0.454. The van der Waals surface area contributed by atoms with E-state index in [0.717, 1.165) is 22.5 Å². The molecule has 3 aromatic rings. The van der Waals surface area contributed by atoms with Gasteiger partial charge in [0.2, 0.25) is 11.0 Å². The van der Waals surface area contributed by atoms with E-state index in [0.29, 0.717) is 50.0 Å². The lowest BCUT2D eigenvalue weighted by Gasteiger charge is -2.34. The standard InChI is InChI=1S/C24H28FN5O3S/c1-4-33-24(32)29-10-8-28(9-11-29)22(31)14-20-15-34-23(26-20)30-17(3)21(16(2)27-30)13-18-6-5-7-19(25)12-18/h5-7,12,15H,4,8-11,13-14H2,1-3H3. The van der Waals surface area contributed by atoms with E-state index in [1.807, 2.05) is 25.3 Å². The van der Waals surface area contributed by atoms with E-state index in [9.17, 15) is 14.0 Å². The van der Waals surface area contributed by atoms with Crippen LogP contribution in [0.5, 0.6) is 0 Å². The first-order chi connectivity index (χ1) is 16.4. The number of amides is 2. The van der Waals surface area contributed by atoms with Gasteiger partial charge in [-0.15, -0.1) is 11.3 Å². The number of rotatable bonds is 6. The Morgan fingerprint density at radius 2 is 1.88 bits per heavy atom. The number of piperazine rings is 1. The molecule has 2 amide bonds. The summed E-state index contributed by atoms with van der Waals surface area (Å²) >= 11 is 1.44. The molecule has 0 aliphatic carbocycles. The van der Waals surface area contributed by atoms with Crippen LogP contribution in [0.2, 0.25) is 0 Å². The van der Waals surface area contributed by atoms with Crippen molar-refractivity contribution >= 4 is 23.3 Å². The Kier molecular flexibility index (Phi) is 7.26. The maximum Gasteiger partial charge on any atom is 0.409 e. The molecule has 1 saturated heterocycles. The Morgan fingerprint density at radius 3 is 2.59 bits per heavy atom. The van der Waals surface area contributed by atoms with Crippen molar-refractivity contribution in [2.45, 2.75) is 33.6 Å². The number of nitrogens with zero attached hydrogens (tertiary/aromatic N) is 5. The molecule has 0 spiro atoms. The van der Waals surface area contributed by atoms with E-state index in [-0.39, 0.29) is 24.2 Å². The summed E-state index contributed by atoms with van der Waals surface area (Å²) < 4.78 is 20.4. The van der Waals surface area contributed by atoms with E-state index >= 15 is 0 Å². The molecule has 180 valence electrons. The topological polar surface area (TPSA) is 80.6 Å². The first-order valence-corrected chi connectivity index (χ1v) is 12.2. The number of hydrogen-bond acceptors (Lipinski definition) is 6. The minimum absolute atomic E-state index is 0.0134. The zero-order valence-electron chi connectivity index (χ0n) is 19.6. The van der Waals surface area contributed by atoms with Gasteiger partial charge in [-0.1, -0.05) is 12.1 Å². The number of hydrogen-bond donors (Lipinski definition) is 0. The fourth-order valence-corrected chi connectivity index (χ4v) is 4.89. The molecular formula is C24H28FN5O3S. The predicted octanol–water partition coefficient (Wildman–Crippen LogP) is 3.52. The van der Waals surface area contributed by atoms with Gasteiger partial charge in [-0.3, -0.25) is 4.79 Å². The van der Waals surface area contributed by atoms with Gasteiger partial charge in [0, 0.05) is 49.2 Å². The molecule has 1 aliphatic rings. The third kappa shape index (κ3) is 5.27. The van der Waals surface area contributed by atoms with E-state index in [2.05, 4.69) is 10.1 Å². The molecule has 10 heteroatoms. The van der Waals surface area contributed by atoms with Gasteiger partial charge in [-0.05, 0) is 38.5 Å². The molecule has 8 nitrogen and oxygen atoms in total. The van der Waals surface area contributed by atoms with Gasteiger partial charge in [0.1, 0.15) is 5.82 Å². The van der Waals surface area contributed by atoms with Crippen LogP contribution < -0.4 is 0 Å². The molecule has 34 heavy (non-hydrogen) atoms. The summed E-state index contributed by atoms with van der Waals surface area (Å²) in [5, 5.41) is 7.22. The Bertz CT molecular complexity index is 1180. The smallest absolute Gasteiger partial charge is 0.409 e. The number of aromatic nitrogens is 3. The lowest BCUT2D eigenvalue weighted by molar-refractivity contribution is -0.132. The highest BCUT2D eigenvalue weighted by Gasteiger charge is 2.25. The van der Waals surface area contributed by atoms with Crippen LogP contribution in [0.1, 0.15) is 35.1 Å². The molecule has 0 N–H and O–H groups in total. The number of carbonyl (C=O) groups excluding carboxylic acids is 2. The largest absolute Gasteiger partial charge is 0.450 e. The number of thiazole rings is 1. The van der Waals surface area contributed by atoms with Gasteiger partial charge in [0.15, 0.2) is 0 Å². The second-order valence-electron chi connectivity index (χ2n) is 8.23. The number of ether oxygens (including phenoxy) is 1. The summed E-state index contributed by atoms with van der Waals surface area (Å²) in [5.74, 6) is -0.266. The molecule has 1 aliphatic heterocycles. The molecule has 0 atom stereocenters. The van der Waals surface area contributed by atoms with Crippen molar-refractivity contribution in [3.8, 4) is 5.13 Å². The highest BCUT2D eigenvalue weighted by atomic mass is 32.1. The molecule has 1 fully saturated rings. The fraction of sp³-hybridized carbons (Fsp3) is 0.417. The van der Waals surface area contributed by atoms with Crippen molar-refractivity contribution < 1.29 is 18.7 Å². The van der Waals surface area contributed by atoms with Crippen molar-refractivity contribution in [2.75, 3.05) is 32.8 Å². The van der Waals surface area contributed by atoms with Crippen LogP contribution in [0.15, 0.2) is 29.6 Å². The minimum Gasteiger partial charge on any atom is -0.450 e. The Hall–Kier alpha value is -3.27. The monoisotopic (exact) mass is 485 g/mol. The summed E-state index contributed by atoms with van der Waals surface area (Å²) in [6, 6.07) is 6.58. The predicted molar refractivity (Wildman–Crippen MR) is 127 cm³/mol. The summed E-state index contributed by atoms with van der Waals surface area (Å²) in [5.41, 5.74) is 4.44. The van der Waals surface area contributed by atoms with Gasteiger partial charge >= 0.3 is 6.09 Å². The van der Waals surface area contributed by atoms with Gasteiger partial charge in [0.25, 0.3) is 0 Å². The van der Waals surface area contributed by atoms with E-state index in [1.54, 1.807) is 27.5 Å². The normalized spacial score (nSPS) is 13.9. The maximum absolute atomic E-state index is 13.6. The minimum atomic E-state index is -0.333. The number of carbonyl (C=O) groups is 2. The second kappa shape index (κ2) is 10.3. The molecule has 2 aromatic heterocycles. The van der Waals surface area contributed by atoms with Crippen molar-refractivity contribution in [3.63, 3.8) is 0 Å². The van der Waals surface area contributed by atoms with E-state index < -0.39 is 0 Å². The van der Waals surface area contributed by atoms with Crippen molar-refractivity contribution in [1.29, 1.82) is 0 Å². The lowest BCUT2D eigenvalue weighted by atomic mass is 10.0. The number of aryl methyl sites for hydroxylation is 1. The zero-order valence-corrected chi connectivity index (χ0v) is 20.4. The molecule has 0 unspecified atom stereocenters. The molecule has 0 radical (unpaired) electrons. The summed E-state index contributed by atoms with van der Waals surface area (Å²) in [6.45, 7) is 7.92. The fourth-order valence-electron chi connectivity index (χ4n) is 4.06. The van der Waals surface area contributed by atoms with Crippen LogP contribution >= 0.6 is 11.3 Å². The van der Waals surface area contributed by atoms with Gasteiger partial charge in [-0.25, -0.2) is 18.9 Å². The molecule has 3 heterocycles. The quantitative estimate of drug-likeness (QED) is 0.534. The van der Waals surface area contributed by atoms with Gasteiger partial charge in [0.05, 0.1) is 24.4 Å². The third-order valence-electron chi connectivity index (χ3n) is 5.92. The SMILES string of the molecule is CCOC(=O)N1CCN(C(=O)Cc2csc(-n3nc(C)c(Cc4cccc(F)c4)c3C)n2)CC1. The first kappa shape index (κ1) is 23.9. The summed E-state index contributed by atoms with van der Waals surface area (Å²) in [7, 11) is 0. The first-order valence-electron chi connectivity index (χ1n) is 11.3. The van der Waals surface area contributed by atoms with Crippen LogP contribution in [0.3, 0.4) is 0 Å². The Labute approximate surface area is 202 Å². The van der Waals surface area contributed by atoms with Crippen LogP contribution in [0, 0.1) is 19.7 Å². The van der Waals surface area contributed by atoms with Crippen LogP contribution in [0.4, 0.5) is 9.18 Å².